The summed E-state index contributed by atoms with van der Waals surface area (Å²) >= 11 is 0. The minimum Gasteiger partial charge on any atom is -0.314 e. The van der Waals surface area contributed by atoms with Crippen LogP contribution >= 0.6 is 0 Å². The molecule has 0 saturated heterocycles. The average molecular weight is 253 g/mol. The topological polar surface area (TPSA) is 12.0 Å². The monoisotopic (exact) mass is 253 g/mol. The Morgan fingerprint density at radius 2 is 1.56 bits per heavy atom. The summed E-state index contributed by atoms with van der Waals surface area (Å²) in [7, 11) is 0. The summed E-state index contributed by atoms with van der Waals surface area (Å²) in [6.07, 6.45) is 17.4. The summed E-state index contributed by atoms with van der Waals surface area (Å²) in [5.74, 6) is 0.971. The molecule has 1 rings (SSSR count). The number of hydrogen-bond acceptors (Lipinski definition) is 1. The molecular formula is C17H35N. The first kappa shape index (κ1) is 16.0. The van der Waals surface area contributed by atoms with Crippen molar-refractivity contribution in [3.63, 3.8) is 0 Å². The van der Waals surface area contributed by atoms with Gasteiger partial charge in [0.15, 0.2) is 0 Å². The van der Waals surface area contributed by atoms with E-state index in [1.807, 2.05) is 0 Å². The molecule has 1 aliphatic carbocycles. The summed E-state index contributed by atoms with van der Waals surface area (Å²) in [5.41, 5.74) is 0. The lowest BCUT2D eigenvalue weighted by Crippen LogP contribution is -2.35. The fraction of sp³-hybridized carbons (Fsp3) is 1.00. The lowest BCUT2D eigenvalue weighted by molar-refractivity contribution is 0.311. The highest BCUT2D eigenvalue weighted by Gasteiger charge is 2.22. The standard InChI is InChI=1S/C17H35N/c1-3-5-6-7-8-10-13-16-14-11-9-12-15-17(16)18-4-2/h16-18H,3-15H2,1-2H3. The van der Waals surface area contributed by atoms with Gasteiger partial charge in [0.05, 0.1) is 0 Å². The first-order valence-electron chi connectivity index (χ1n) is 8.61. The number of nitrogens with one attached hydrogen (secondary N) is 1. The van der Waals surface area contributed by atoms with Crippen LogP contribution in [0.15, 0.2) is 0 Å². The maximum absolute atomic E-state index is 3.74. The molecule has 0 aromatic carbocycles. The van der Waals surface area contributed by atoms with E-state index in [1.165, 1.54) is 77.0 Å². The van der Waals surface area contributed by atoms with Crippen molar-refractivity contribution < 1.29 is 0 Å². The van der Waals surface area contributed by atoms with Gasteiger partial charge < -0.3 is 5.32 Å². The predicted octanol–water partition coefficient (Wildman–Crippen LogP) is 5.30. The van der Waals surface area contributed by atoms with Crippen LogP contribution in [0.25, 0.3) is 0 Å². The van der Waals surface area contributed by atoms with Gasteiger partial charge in [-0.2, -0.15) is 0 Å². The summed E-state index contributed by atoms with van der Waals surface area (Å²) in [5, 5.41) is 3.74. The molecule has 0 aliphatic heterocycles. The smallest absolute Gasteiger partial charge is 0.00952 e. The van der Waals surface area contributed by atoms with Crippen molar-refractivity contribution >= 4 is 0 Å². The van der Waals surface area contributed by atoms with Gasteiger partial charge in [0, 0.05) is 6.04 Å². The molecule has 0 aromatic heterocycles. The molecule has 1 N–H and O–H groups in total. The van der Waals surface area contributed by atoms with Crippen LogP contribution in [0.5, 0.6) is 0 Å². The molecular weight excluding hydrogens is 218 g/mol. The fourth-order valence-corrected chi connectivity index (χ4v) is 3.45. The maximum Gasteiger partial charge on any atom is 0.00952 e. The van der Waals surface area contributed by atoms with E-state index in [9.17, 15) is 0 Å². The van der Waals surface area contributed by atoms with Crippen LogP contribution in [0.3, 0.4) is 0 Å². The van der Waals surface area contributed by atoms with E-state index in [-0.39, 0.29) is 0 Å². The molecule has 18 heavy (non-hydrogen) atoms. The van der Waals surface area contributed by atoms with Crippen LogP contribution in [0, 0.1) is 5.92 Å². The van der Waals surface area contributed by atoms with E-state index in [2.05, 4.69) is 19.2 Å². The summed E-state index contributed by atoms with van der Waals surface area (Å²) in [6.45, 7) is 5.71. The largest absolute Gasteiger partial charge is 0.314 e. The molecule has 0 heterocycles. The Bertz CT molecular complexity index is 178. The Balaban J connectivity index is 2.15. The molecule has 0 radical (unpaired) electrons. The zero-order chi connectivity index (χ0) is 13.1. The predicted molar refractivity (Wildman–Crippen MR) is 82.0 cm³/mol. The van der Waals surface area contributed by atoms with Gasteiger partial charge >= 0.3 is 0 Å². The first-order chi connectivity index (χ1) is 8.88. The Hall–Kier alpha value is -0.0400. The summed E-state index contributed by atoms with van der Waals surface area (Å²) in [6, 6.07) is 0.827. The molecule has 1 heteroatoms. The SMILES string of the molecule is CCCCCCCCC1CCCCCC1NCC. The third kappa shape index (κ3) is 6.78. The highest BCUT2D eigenvalue weighted by atomic mass is 14.9. The van der Waals surface area contributed by atoms with Crippen LogP contribution in [-0.4, -0.2) is 12.6 Å². The van der Waals surface area contributed by atoms with Crippen molar-refractivity contribution in [2.45, 2.75) is 96.9 Å². The van der Waals surface area contributed by atoms with Gasteiger partial charge in [-0.05, 0) is 31.7 Å². The van der Waals surface area contributed by atoms with Gasteiger partial charge in [-0.3, -0.25) is 0 Å². The molecule has 108 valence electrons. The lowest BCUT2D eigenvalue weighted by atomic mass is 9.89. The van der Waals surface area contributed by atoms with Crippen molar-refractivity contribution in [2.75, 3.05) is 6.54 Å². The average Bonchev–Trinajstić information content (AvgIpc) is 2.60. The molecule has 0 bridgehead atoms. The van der Waals surface area contributed by atoms with Gasteiger partial charge in [0.1, 0.15) is 0 Å². The van der Waals surface area contributed by atoms with E-state index in [4.69, 9.17) is 0 Å². The minimum absolute atomic E-state index is 0.827. The van der Waals surface area contributed by atoms with Crippen molar-refractivity contribution in [1.29, 1.82) is 0 Å². The zero-order valence-corrected chi connectivity index (χ0v) is 12.8. The molecule has 0 aromatic rings. The van der Waals surface area contributed by atoms with Crippen LogP contribution in [0.2, 0.25) is 0 Å². The fourth-order valence-electron chi connectivity index (χ4n) is 3.45. The Labute approximate surface area is 115 Å². The second kappa shape index (κ2) is 10.8. The highest BCUT2D eigenvalue weighted by Crippen LogP contribution is 2.28. The van der Waals surface area contributed by atoms with E-state index in [0.717, 1.165) is 18.5 Å². The number of hydrogen-bond donors (Lipinski definition) is 1. The molecule has 1 saturated carbocycles. The van der Waals surface area contributed by atoms with Crippen molar-refractivity contribution in [3.8, 4) is 0 Å². The molecule has 1 aliphatic rings. The van der Waals surface area contributed by atoms with Crippen LogP contribution in [0.4, 0.5) is 0 Å². The molecule has 2 atom stereocenters. The third-order valence-corrected chi connectivity index (χ3v) is 4.55. The van der Waals surface area contributed by atoms with E-state index in [1.54, 1.807) is 0 Å². The summed E-state index contributed by atoms with van der Waals surface area (Å²) in [4.78, 5) is 0. The van der Waals surface area contributed by atoms with E-state index < -0.39 is 0 Å². The minimum atomic E-state index is 0.827. The molecule has 1 fully saturated rings. The summed E-state index contributed by atoms with van der Waals surface area (Å²) < 4.78 is 0. The number of rotatable bonds is 9. The molecule has 2 unspecified atom stereocenters. The molecule has 0 spiro atoms. The maximum atomic E-state index is 3.74. The second-order valence-corrected chi connectivity index (χ2v) is 6.12. The highest BCUT2D eigenvalue weighted by molar-refractivity contribution is 4.79. The zero-order valence-electron chi connectivity index (χ0n) is 12.8. The Morgan fingerprint density at radius 1 is 0.833 bits per heavy atom. The van der Waals surface area contributed by atoms with Crippen LogP contribution < -0.4 is 5.32 Å². The van der Waals surface area contributed by atoms with Gasteiger partial charge in [0.2, 0.25) is 0 Å². The normalized spacial score (nSPS) is 25.0. The van der Waals surface area contributed by atoms with Crippen LogP contribution in [-0.2, 0) is 0 Å². The quantitative estimate of drug-likeness (QED) is 0.434. The Kier molecular flexibility index (Phi) is 9.65. The first-order valence-corrected chi connectivity index (χ1v) is 8.61. The van der Waals surface area contributed by atoms with Gasteiger partial charge in [-0.25, -0.2) is 0 Å². The lowest BCUT2D eigenvalue weighted by Gasteiger charge is -2.26. The van der Waals surface area contributed by atoms with Crippen molar-refractivity contribution in [1.82, 2.24) is 5.32 Å². The third-order valence-electron chi connectivity index (χ3n) is 4.55. The van der Waals surface area contributed by atoms with Gasteiger partial charge in [0.25, 0.3) is 0 Å². The molecule has 1 nitrogen and oxygen atoms in total. The van der Waals surface area contributed by atoms with Crippen molar-refractivity contribution in [3.05, 3.63) is 0 Å². The van der Waals surface area contributed by atoms with Gasteiger partial charge in [-0.15, -0.1) is 0 Å². The van der Waals surface area contributed by atoms with Crippen molar-refractivity contribution in [2.24, 2.45) is 5.92 Å². The van der Waals surface area contributed by atoms with Crippen LogP contribution in [0.1, 0.15) is 90.9 Å². The second-order valence-electron chi connectivity index (χ2n) is 6.12. The van der Waals surface area contributed by atoms with Gasteiger partial charge in [-0.1, -0.05) is 71.6 Å². The molecule has 0 amide bonds. The number of unbranched alkanes of at least 4 members (excludes halogenated alkanes) is 5. The van der Waals surface area contributed by atoms with E-state index in [0.29, 0.717) is 0 Å². The van der Waals surface area contributed by atoms with E-state index >= 15 is 0 Å². The Morgan fingerprint density at radius 3 is 2.33 bits per heavy atom.